The van der Waals surface area contributed by atoms with E-state index in [2.05, 4.69) is 83.0 Å². The van der Waals surface area contributed by atoms with E-state index in [4.69, 9.17) is 4.98 Å². The molecule has 4 rings (SSSR count). The lowest BCUT2D eigenvalue weighted by atomic mass is 10.0. The van der Waals surface area contributed by atoms with Gasteiger partial charge >= 0.3 is 0 Å². The van der Waals surface area contributed by atoms with Crippen LogP contribution in [0, 0.1) is 0 Å². The molecule has 1 fully saturated rings. The van der Waals surface area contributed by atoms with Crippen molar-refractivity contribution in [1.29, 1.82) is 0 Å². The average molecular weight is 407 g/mol. The fourth-order valence-corrected chi connectivity index (χ4v) is 4.52. The maximum Gasteiger partial charge on any atom is 0.137 e. The van der Waals surface area contributed by atoms with E-state index in [1.165, 1.54) is 21.9 Å². The van der Waals surface area contributed by atoms with Gasteiger partial charge in [0.25, 0.3) is 0 Å². The van der Waals surface area contributed by atoms with Gasteiger partial charge in [0.05, 0.1) is 5.69 Å². The molecule has 4 nitrogen and oxygen atoms in total. The molecule has 29 heavy (non-hydrogen) atoms. The number of rotatable bonds is 7. The molecule has 1 saturated heterocycles. The first kappa shape index (κ1) is 20.2. The van der Waals surface area contributed by atoms with Gasteiger partial charge in [-0.05, 0) is 23.6 Å². The Morgan fingerprint density at radius 2 is 1.72 bits per heavy atom. The number of hydrogen-bond acceptors (Lipinski definition) is 5. The van der Waals surface area contributed by atoms with Crippen molar-refractivity contribution in [1.82, 2.24) is 14.6 Å². The van der Waals surface area contributed by atoms with Gasteiger partial charge in [0.1, 0.15) is 5.82 Å². The number of piperazine rings is 1. The number of fused-ring (bicyclic) bond motifs is 1. The van der Waals surface area contributed by atoms with Crippen molar-refractivity contribution in [3.05, 3.63) is 60.2 Å². The second-order valence-corrected chi connectivity index (χ2v) is 8.32. The lowest BCUT2D eigenvalue weighted by Gasteiger charge is -2.35. The Morgan fingerprint density at radius 1 is 0.966 bits per heavy atom. The molecule has 0 saturated carbocycles. The van der Waals surface area contributed by atoms with Crippen molar-refractivity contribution in [3.63, 3.8) is 0 Å². The summed E-state index contributed by atoms with van der Waals surface area (Å²) in [5.41, 5.74) is 3.57. The molecule has 0 unspecified atom stereocenters. The van der Waals surface area contributed by atoms with Crippen molar-refractivity contribution in [3.8, 4) is 11.3 Å². The molecule has 2 aromatic carbocycles. The molecule has 5 heteroatoms. The number of pyridine rings is 1. The fourth-order valence-electron chi connectivity index (χ4n) is 3.85. The van der Waals surface area contributed by atoms with Crippen LogP contribution >= 0.6 is 11.9 Å². The van der Waals surface area contributed by atoms with Gasteiger partial charge in [0, 0.05) is 49.4 Å². The molecular formula is C24H30N4S. The summed E-state index contributed by atoms with van der Waals surface area (Å²) in [7, 11) is 0. The molecule has 0 spiro atoms. The predicted molar refractivity (Wildman–Crippen MR) is 126 cm³/mol. The molecule has 1 aliphatic heterocycles. The fraction of sp³-hybridized carbons (Fsp3) is 0.375. The SMILES string of the molecule is CCNSCc1ccc(-c2cc3ccccc3c(N3CCN(CC)CC3)n2)cc1. The molecule has 0 aliphatic carbocycles. The highest BCUT2D eigenvalue weighted by molar-refractivity contribution is 7.96. The zero-order valence-corrected chi connectivity index (χ0v) is 18.2. The Balaban J connectivity index is 1.63. The van der Waals surface area contributed by atoms with E-state index in [-0.39, 0.29) is 0 Å². The Bertz CT molecular complexity index is 933. The quantitative estimate of drug-likeness (QED) is 0.450. The van der Waals surface area contributed by atoms with Gasteiger partial charge in [-0.15, -0.1) is 0 Å². The van der Waals surface area contributed by atoms with Crippen LogP contribution in [0.15, 0.2) is 54.6 Å². The molecule has 3 aromatic rings. The number of nitrogens with one attached hydrogen (secondary N) is 1. The number of benzene rings is 2. The summed E-state index contributed by atoms with van der Waals surface area (Å²) in [5.74, 6) is 2.10. The van der Waals surface area contributed by atoms with E-state index in [0.717, 1.165) is 56.5 Å². The molecule has 0 radical (unpaired) electrons. The maximum atomic E-state index is 5.14. The van der Waals surface area contributed by atoms with Crippen LogP contribution < -0.4 is 9.62 Å². The minimum Gasteiger partial charge on any atom is -0.354 e. The summed E-state index contributed by atoms with van der Waals surface area (Å²) in [5, 5.41) is 2.51. The van der Waals surface area contributed by atoms with Crippen LogP contribution in [-0.2, 0) is 5.75 Å². The van der Waals surface area contributed by atoms with E-state index < -0.39 is 0 Å². The summed E-state index contributed by atoms with van der Waals surface area (Å²) in [4.78, 5) is 10.1. The van der Waals surface area contributed by atoms with E-state index in [9.17, 15) is 0 Å². The van der Waals surface area contributed by atoms with Crippen LogP contribution in [0.5, 0.6) is 0 Å². The molecule has 0 atom stereocenters. The summed E-state index contributed by atoms with van der Waals surface area (Å²) >= 11 is 1.76. The minimum absolute atomic E-state index is 0.978. The smallest absolute Gasteiger partial charge is 0.137 e. The van der Waals surface area contributed by atoms with Crippen molar-refractivity contribution in [2.45, 2.75) is 19.6 Å². The van der Waals surface area contributed by atoms with Gasteiger partial charge in [-0.25, -0.2) is 4.98 Å². The first-order valence-corrected chi connectivity index (χ1v) is 11.6. The lowest BCUT2D eigenvalue weighted by Crippen LogP contribution is -2.46. The molecular weight excluding hydrogens is 376 g/mol. The molecule has 0 amide bonds. The summed E-state index contributed by atoms with van der Waals surface area (Å²) in [6, 6.07) is 19.7. The lowest BCUT2D eigenvalue weighted by molar-refractivity contribution is 0.271. The summed E-state index contributed by atoms with van der Waals surface area (Å²) < 4.78 is 3.31. The minimum atomic E-state index is 0.978. The topological polar surface area (TPSA) is 31.4 Å². The van der Waals surface area contributed by atoms with Gasteiger partial charge < -0.3 is 9.80 Å². The normalized spacial score (nSPS) is 15.2. The Hall–Kier alpha value is -2.08. The van der Waals surface area contributed by atoms with Gasteiger partial charge in [0.2, 0.25) is 0 Å². The summed E-state index contributed by atoms with van der Waals surface area (Å²) in [6.07, 6.45) is 0. The van der Waals surface area contributed by atoms with E-state index in [0.29, 0.717) is 0 Å². The second-order valence-electron chi connectivity index (χ2n) is 7.46. The molecule has 152 valence electrons. The second kappa shape index (κ2) is 9.61. The van der Waals surface area contributed by atoms with Crippen LogP contribution in [-0.4, -0.2) is 49.2 Å². The Kier molecular flexibility index (Phi) is 6.70. The zero-order chi connectivity index (χ0) is 20.1. The Labute approximate surface area is 178 Å². The van der Waals surface area contributed by atoms with E-state index >= 15 is 0 Å². The predicted octanol–water partition coefficient (Wildman–Crippen LogP) is 4.80. The third kappa shape index (κ3) is 4.74. The number of aromatic nitrogens is 1. The van der Waals surface area contributed by atoms with Gasteiger partial charge in [0.15, 0.2) is 0 Å². The monoisotopic (exact) mass is 406 g/mol. The Morgan fingerprint density at radius 3 is 2.45 bits per heavy atom. The number of likely N-dealkylation sites (N-methyl/N-ethyl adjacent to an activating group) is 1. The molecule has 1 aliphatic rings. The highest BCUT2D eigenvalue weighted by Crippen LogP contribution is 2.31. The van der Waals surface area contributed by atoms with Crippen molar-refractivity contribution >= 4 is 28.5 Å². The highest BCUT2D eigenvalue weighted by Gasteiger charge is 2.19. The maximum absolute atomic E-state index is 5.14. The van der Waals surface area contributed by atoms with Crippen molar-refractivity contribution in [2.75, 3.05) is 44.2 Å². The van der Waals surface area contributed by atoms with Gasteiger partial charge in [-0.2, -0.15) is 0 Å². The third-order valence-electron chi connectivity index (χ3n) is 5.57. The van der Waals surface area contributed by atoms with Crippen LogP contribution in [0.1, 0.15) is 19.4 Å². The first-order chi connectivity index (χ1) is 14.3. The van der Waals surface area contributed by atoms with Crippen molar-refractivity contribution in [2.24, 2.45) is 0 Å². The zero-order valence-electron chi connectivity index (χ0n) is 17.4. The van der Waals surface area contributed by atoms with E-state index in [1.54, 1.807) is 11.9 Å². The van der Waals surface area contributed by atoms with Crippen LogP contribution in [0.3, 0.4) is 0 Å². The van der Waals surface area contributed by atoms with Crippen LogP contribution in [0.4, 0.5) is 5.82 Å². The standard InChI is InChI=1S/C24H30N4S/c1-3-25-29-18-19-9-11-20(12-10-19)23-17-21-7-5-6-8-22(21)24(26-23)28-15-13-27(4-2)14-16-28/h5-12,17,25H,3-4,13-16,18H2,1-2H3. The summed E-state index contributed by atoms with van der Waals surface area (Å²) in [6.45, 7) is 10.8. The number of anilines is 1. The first-order valence-electron chi connectivity index (χ1n) is 10.6. The third-order valence-corrected chi connectivity index (χ3v) is 6.54. The van der Waals surface area contributed by atoms with Crippen molar-refractivity contribution < 1.29 is 0 Å². The van der Waals surface area contributed by atoms with E-state index in [1.807, 2.05) is 0 Å². The van der Waals surface area contributed by atoms with Gasteiger partial charge in [-0.3, -0.25) is 4.72 Å². The molecule has 1 N–H and O–H groups in total. The van der Waals surface area contributed by atoms with Crippen LogP contribution in [0.2, 0.25) is 0 Å². The molecule has 2 heterocycles. The average Bonchev–Trinajstić information content (AvgIpc) is 2.79. The van der Waals surface area contributed by atoms with Crippen LogP contribution in [0.25, 0.3) is 22.0 Å². The molecule has 1 aromatic heterocycles. The number of nitrogens with zero attached hydrogens (tertiary/aromatic N) is 3. The van der Waals surface area contributed by atoms with Gasteiger partial charge in [-0.1, -0.05) is 74.3 Å². The number of hydrogen-bond donors (Lipinski definition) is 1. The molecule has 0 bridgehead atoms. The largest absolute Gasteiger partial charge is 0.354 e. The highest BCUT2D eigenvalue weighted by atomic mass is 32.2.